The monoisotopic (exact) mass is 219 g/mol. The maximum atomic E-state index is 11.1. The Balaban J connectivity index is 1.94. The van der Waals surface area contributed by atoms with Crippen molar-refractivity contribution < 1.29 is 8.95 Å². The predicted molar refractivity (Wildman–Crippen MR) is 60.0 cm³/mol. The summed E-state index contributed by atoms with van der Waals surface area (Å²) in [6.45, 7) is 4.63. The van der Waals surface area contributed by atoms with E-state index < -0.39 is 10.8 Å². The van der Waals surface area contributed by atoms with Crippen LogP contribution in [0, 0.1) is 0 Å². The van der Waals surface area contributed by atoms with E-state index in [9.17, 15) is 4.21 Å². The standard InChI is InChI=1S/C10H21NO2S/c1-2-14(12)8-6-11-9-10-5-3-4-7-13-10/h10-11H,2-9H2,1H3. The van der Waals surface area contributed by atoms with E-state index in [0.717, 1.165) is 31.2 Å². The number of ether oxygens (including phenoxy) is 1. The summed E-state index contributed by atoms with van der Waals surface area (Å²) in [5, 5.41) is 3.30. The van der Waals surface area contributed by atoms with Gasteiger partial charge in [0.2, 0.25) is 0 Å². The highest BCUT2D eigenvalue weighted by molar-refractivity contribution is 7.84. The van der Waals surface area contributed by atoms with Gasteiger partial charge >= 0.3 is 0 Å². The van der Waals surface area contributed by atoms with Gasteiger partial charge in [0.15, 0.2) is 0 Å². The maximum Gasteiger partial charge on any atom is 0.0699 e. The molecule has 2 unspecified atom stereocenters. The summed E-state index contributed by atoms with van der Waals surface area (Å²) in [5.74, 6) is 1.53. The summed E-state index contributed by atoms with van der Waals surface area (Å²) in [6, 6.07) is 0. The molecule has 1 heterocycles. The first-order chi connectivity index (χ1) is 6.83. The highest BCUT2D eigenvalue weighted by Crippen LogP contribution is 2.11. The Morgan fingerprint density at radius 1 is 1.50 bits per heavy atom. The Labute approximate surface area is 89.1 Å². The van der Waals surface area contributed by atoms with Crippen molar-refractivity contribution in [2.75, 3.05) is 31.2 Å². The molecule has 0 aromatic rings. The van der Waals surface area contributed by atoms with Crippen molar-refractivity contribution >= 4 is 10.8 Å². The molecule has 2 atom stereocenters. The fraction of sp³-hybridized carbons (Fsp3) is 1.00. The molecule has 0 bridgehead atoms. The summed E-state index contributed by atoms with van der Waals surface area (Å²) in [6.07, 6.45) is 4.05. The first-order valence-electron chi connectivity index (χ1n) is 5.50. The van der Waals surface area contributed by atoms with Gasteiger partial charge in [0, 0.05) is 42.0 Å². The molecule has 0 radical (unpaired) electrons. The number of hydrogen-bond acceptors (Lipinski definition) is 3. The molecule has 0 aromatic carbocycles. The molecule has 1 fully saturated rings. The van der Waals surface area contributed by atoms with Gasteiger partial charge in [0.25, 0.3) is 0 Å². The molecule has 0 spiro atoms. The third kappa shape index (κ3) is 5.08. The SMILES string of the molecule is CCS(=O)CCNCC1CCCCO1. The molecule has 1 aliphatic heterocycles. The van der Waals surface area contributed by atoms with E-state index >= 15 is 0 Å². The topological polar surface area (TPSA) is 38.3 Å². The second kappa shape index (κ2) is 7.37. The van der Waals surface area contributed by atoms with Gasteiger partial charge < -0.3 is 10.1 Å². The molecular formula is C10H21NO2S. The second-order valence-corrected chi connectivity index (χ2v) is 5.49. The largest absolute Gasteiger partial charge is 0.377 e. The van der Waals surface area contributed by atoms with Gasteiger partial charge in [-0.2, -0.15) is 0 Å². The van der Waals surface area contributed by atoms with Crippen molar-refractivity contribution in [3.63, 3.8) is 0 Å². The first-order valence-corrected chi connectivity index (χ1v) is 6.99. The van der Waals surface area contributed by atoms with Crippen LogP contribution in [0.25, 0.3) is 0 Å². The summed E-state index contributed by atoms with van der Waals surface area (Å²) >= 11 is 0. The highest BCUT2D eigenvalue weighted by atomic mass is 32.2. The van der Waals surface area contributed by atoms with Crippen molar-refractivity contribution in [3.05, 3.63) is 0 Å². The zero-order chi connectivity index (χ0) is 10.2. The average molecular weight is 219 g/mol. The van der Waals surface area contributed by atoms with Gasteiger partial charge in [-0.3, -0.25) is 4.21 Å². The van der Waals surface area contributed by atoms with Crippen LogP contribution in [-0.2, 0) is 15.5 Å². The molecular weight excluding hydrogens is 198 g/mol. The minimum atomic E-state index is -0.637. The second-order valence-electron chi connectivity index (χ2n) is 3.63. The molecule has 0 aromatic heterocycles. The fourth-order valence-corrected chi connectivity index (χ4v) is 2.22. The Morgan fingerprint density at radius 2 is 2.36 bits per heavy atom. The van der Waals surface area contributed by atoms with Gasteiger partial charge in [-0.25, -0.2) is 0 Å². The first kappa shape index (κ1) is 12.1. The van der Waals surface area contributed by atoms with E-state index in [2.05, 4.69) is 5.32 Å². The zero-order valence-corrected chi connectivity index (χ0v) is 9.78. The minimum absolute atomic E-state index is 0.388. The van der Waals surface area contributed by atoms with Crippen LogP contribution < -0.4 is 5.32 Å². The molecule has 1 saturated heterocycles. The highest BCUT2D eigenvalue weighted by Gasteiger charge is 2.12. The molecule has 3 nitrogen and oxygen atoms in total. The number of nitrogens with one attached hydrogen (secondary N) is 1. The van der Waals surface area contributed by atoms with Crippen molar-refractivity contribution in [1.29, 1.82) is 0 Å². The van der Waals surface area contributed by atoms with Crippen LogP contribution in [0.5, 0.6) is 0 Å². The van der Waals surface area contributed by atoms with Gasteiger partial charge in [-0.15, -0.1) is 0 Å². The smallest absolute Gasteiger partial charge is 0.0699 e. The zero-order valence-electron chi connectivity index (χ0n) is 8.96. The van der Waals surface area contributed by atoms with Crippen LogP contribution in [0.3, 0.4) is 0 Å². The number of rotatable bonds is 6. The normalized spacial score (nSPS) is 24.8. The summed E-state index contributed by atoms with van der Waals surface area (Å²) in [4.78, 5) is 0. The lowest BCUT2D eigenvalue weighted by molar-refractivity contribution is 0.0173. The maximum absolute atomic E-state index is 11.1. The minimum Gasteiger partial charge on any atom is -0.377 e. The fourth-order valence-electron chi connectivity index (χ4n) is 1.56. The van der Waals surface area contributed by atoms with Crippen molar-refractivity contribution in [1.82, 2.24) is 5.32 Å². The Morgan fingerprint density at radius 3 is 3.00 bits per heavy atom. The molecule has 1 aliphatic rings. The lowest BCUT2D eigenvalue weighted by Crippen LogP contribution is -2.33. The molecule has 0 amide bonds. The quantitative estimate of drug-likeness (QED) is 0.675. The van der Waals surface area contributed by atoms with Crippen molar-refractivity contribution in [2.45, 2.75) is 32.3 Å². The van der Waals surface area contributed by atoms with Crippen LogP contribution in [0.4, 0.5) is 0 Å². The Hall–Kier alpha value is 0.0700. The predicted octanol–water partition coefficient (Wildman–Crippen LogP) is 0.914. The van der Waals surface area contributed by atoms with Crippen LogP contribution in [-0.4, -0.2) is 41.5 Å². The molecule has 4 heteroatoms. The van der Waals surface area contributed by atoms with E-state index in [1.54, 1.807) is 0 Å². The Bertz CT molecular complexity index is 170. The molecule has 1 rings (SSSR count). The summed E-state index contributed by atoms with van der Waals surface area (Å²) in [5.41, 5.74) is 0. The molecule has 1 N–H and O–H groups in total. The van der Waals surface area contributed by atoms with Crippen LogP contribution in [0.15, 0.2) is 0 Å². The van der Waals surface area contributed by atoms with E-state index in [1.165, 1.54) is 19.3 Å². The summed E-state index contributed by atoms with van der Waals surface area (Å²) < 4.78 is 16.7. The third-order valence-corrected chi connectivity index (χ3v) is 3.78. The molecule has 0 aliphatic carbocycles. The van der Waals surface area contributed by atoms with Gasteiger partial charge in [-0.05, 0) is 19.3 Å². The molecule has 84 valence electrons. The third-order valence-electron chi connectivity index (χ3n) is 2.47. The van der Waals surface area contributed by atoms with Crippen molar-refractivity contribution in [2.24, 2.45) is 0 Å². The van der Waals surface area contributed by atoms with Crippen LogP contribution in [0.1, 0.15) is 26.2 Å². The van der Waals surface area contributed by atoms with E-state index in [1.807, 2.05) is 6.92 Å². The van der Waals surface area contributed by atoms with Gasteiger partial charge in [0.05, 0.1) is 6.10 Å². The van der Waals surface area contributed by atoms with Crippen molar-refractivity contribution in [3.8, 4) is 0 Å². The average Bonchev–Trinajstić information content (AvgIpc) is 2.25. The Kier molecular flexibility index (Phi) is 6.39. The van der Waals surface area contributed by atoms with E-state index in [0.29, 0.717) is 6.10 Å². The molecule has 14 heavy (non-hydrogen) atoms. The molecule has 0 saturated carbocycles. The van der Waals surface area contributed by atoms with Gasteiger partial charge in [-0.1, -0.05) is 6.92 Å². The summed E-state index contributed by atoms with van der Waals surface area (Å²) in [7, 11) is -0.637. The van der Waals surface area contributed by atoms with Crippen LogP contribution >= 0.6 is 0 Å². The van der Waals surface area contributed by atoms with Crippen LogP contribution in [0.2, 0.25) is 0 Å². The lowest BCUT2D eigenvalue weighted by Gasteiger charge is -2.22. The number of hydrogen-bond donors (Lipinski definition) is 1. The van der Waals surface area contributed by atoms with Gasteiger partial charge in [0.1, 0.15) is 0 Å². The van der Waals surface area contributed by atoms with E-state index in [4.69, 9.17) is 4.74 Å². The van der Waals surface area contributed by atoms with E-state index in [-0.39, 0.29) is 0 Å². The lowest BCUT2D eigenvalue weighted by atomic mass is 10.1.